The molecule has 46 heavy (non-hydrogen) atoms. The summed E-state index contributed by atoms with van der Waals surface area (Å²) in [5.74, 6) is 0.878. The molecule has 5 rings (SSSR count). The van der Waals surface area contributed by atoms with Crippen LogP contribution in [0.2, 0.25) is 0 Å². The van der Waals surface area contributed by atoms with Crippen LogP contribution in [0, 0.1) is 22.6 Å². The van der Waals surface area contributed by atoms with Crippen molar-refractivity contribution in [2.24, 2.45) is 16.7 Å². The van der Waals surface area contributed by atoms with Crippen molar-refractivity contribution < 1.29 is 13.9 Å². The van der Waals surface area contributed by atoms with Gasteiger partial charge in [-0.3, -0.25) is 9.59 Å². The Balaban J connectivity index is 1.29. The van der Waals surface area contributed by atoms with Crippen molar-refractivity contribution in [3.63, 3.8) is 0 Å². The van der Waals surface area contributed by atoms with Crippen molar-refractivity contribution in [2.75, 3.05) is 29.9 Å². The number of esters is 1. The second-order valence-electron chi connectivity index (χ2n) is 14.4. The molecule has 1 aliphatic rings. The van der Waals surface area contributed by atoms with Gasteiger partial charge in [-0.2, -0.15) is 0 Å². The molecular weight excluding hydrogens is 583 g/mol. The number of ether oxygens (including phenoxy) is 1. The van der Waals surface area contributed by atoms with Crippen molar-refractivity contribution in [3.05, 3.63) is 82.5 Å². The van der Waals surface area contributed by atoms with Gasteiger partial charge in [-0.15, -0.1) is 0 Å². The standard InChI is InChI=1S/C36H47FN6O3/c1-25(22-35(2,3)4)36(5,6)32(45)46-24-43-31(44)16-19-38-33(43)40(7)28-17-20-41(21-18-28)34-39-29-10-8-9-11-30(29)42(34)23-26-12-14-27(37)15-13-26/h8-16,19,25,28H,17-18,20-24H2,1-7H3. The third-order valence-corrected chi connectivity index (χ3v) is 9.41. The number of piperidine rings is 1. The zero-order valence-electron chi connectivity index (χ0n) is 28.2. The smallest absolute Gasteiger partial charge is 0.313 e. The molecule has 3 heterocycles. The number of benzene rings is 2. The first-order chi connectivity index (χ1) is 21.7. The number of carbonyl (C=O) groups excluding carboxylic acids is 1. The molecule has 0 aliphatic carbocycles. The highest BCUT2D eigenvalue weighted by molar-refractivity contribution is 5.79. The summed E-state index contributed by atoms with van der Waals surface area (Å²) in [5.41, 5.74) is 2.06. The molecule has 0 saturated carbocycles. The number of rotatable bonds is 10. The molecule has 246 valence electrons. The molecule has 4 aromatic rings. The minimum absolute atomic E-state index is 0.0813. The fraction of sp³-hybridized carbons (Fsp3) is 0.500. The van der Waals surface area contributed by atoms with Crippen LogP contribution in [0.4, 0.5) is 16.3 Å². The number of hydrogen-bond acceptors (Lipinski definition) is 7. The Morgan fingerprint density at radius 1 is 1.02 bits per heavy atom. The molecule has 0 N–H and O–H groups in total. The largest absolute Gasteiger partial charge is 0.443 e. The maximum Gasteiger partial charge on any atom is 0.313 e. The van der Waals surface area contributed by atoms with Gasteiger partial charge in [-0.25, -0.2) is 18.9 Å². The average molecular weight is 631 g/mol. The van der Waals surface area contributed by atoms with Crippen molar-refractivity contribution in [2.45, 2.75) is 80.1 Å². The Morgan fingerprint density at radius 2 is 1.70 bits per heavy atom. The summed E-state index contributed by atoms with van der Waals surface area (Å²) < 4.78 is 23.0. The van der Waals surface area contributed by atoms with E-state index in [9.17, 15) is 14.0 Å². The molecule has 0 radical (unpaired) electrons. The van der Waals surface area contributed by atoms with E-state index in [4.69, 9.17) is 9.72 Å². The van der Waals surface area contributed by atoms with Crippen LogP contribution in [0.5, 0.6) is 0 Å². The van der Waals surface area contributed by atoms with Gasteiger partial charge in [-0.05, 0) is 74.3 Å². The Morgan fingerprint density at radius 3 is 2.37 bits per heavy atom. The molecule has 1 aliphatic heterocycles. The van der Waals surface area contributed by atoms with Crippen LogP contribution in [-0.4, -0.2) is 51.3 Å². The summed E-state index contributed by atoms with van der Waals surface area (Å²) in [4.78, 5) is 40.1. The van der Waals surface area contributed by atoms with Crippen LogP contribution in [0.1, 0.15) is 66.4 Å². The summed E-state index contributed by atoms with van der Waals surface area (Å²) >= 11 is 0. The number of carbonyl (C=O) groups is 1. The number of halogens is 1. The number of nitrogens with zero attached hydrogens (tertiary/aromatic N) is 6. The average Bonchev–Trinajstić information content (AvgIpc) is 3.38. The minimum Gasteiger partial charge on any atom is -0.443 e. The van der Waals surface area contributed by atoms with E-state index in [1.54, 1.807) is 0 Å². The number of fused-ring (bicyclic) bond motifs is 1. The summed E-state index contributed by atoms with van der Waals surface area (Å²) in [6.45, 7) is 14.3. The van der Waals surface area contributed by atoms with E-state index in [0.29, 0.717) is 12.5 Å². The van der Waals surface area contributed by atoms with E-state index >= 15 is 0 Å². The molecular formula is C36H47FN6O3. The maximum atomic E-state index is 13.6. The van der Waals surface area contributed by atoms with E-state index in [2.05, 4.69) is 48.2 Å². The lowest BCUT2D eigenvalue weighted by molar-refractivity contribution is -0.161. The van der Waals surface area contributed by atoms with Gasteiger partial charge in [0, 0.05) is 38.4 Å². The van der Waals surface area contributed by atoms with E-state index in [1.165, 1.54) is 29.0 Å². The first kappa shape index (κ1) is 33.2. The van der Waals surface area contributed by atoms with E-state index in [1.807, 2.05) is 56.1 Å². The highest BCUT2D eigenvalue weighted by Gasteiger charge is 2.38. The monoisotopic (exact) mass is 630 g/mol. The Bertz CT molecular complexity index is 1710. The third-order valence-electron chi connectivity index (χ3n) is 9.41. The topological polar surface area (TPSA) is 85.5 Å². The van der Waals surface area contributed by atoms with Gasteiger partial charge in [0.2, 0.25) is 11.9 Å². The van der Waals surface area contributed by atoms with E-state index in [-0.39, 0.29) is 41.5 Å². The first-order valence-electron chi connectivity index (χ1n) is 16.1. The van der Waals surface area contributed by atoms with Crippen molar-refractivity contribution in [3.8, 4) is 0 Å². The zero-order chi connectivity index (χ0) is 33.2. The molecule has 1 atom stereocenters. The van der Waals surface area contributed by atoms with Crippen LogP contribution in [-0.2, 0) is 22.8 Å². The van der Waals surface area contributed by atoms with Gasteiger partial charge in [-0.1, -0.05) is 52.0 Å². The molecule has 0 amide bonds. The van der Waals surface area contributed by atoms with Crippen LogP contribution in [0.25, 0.3) is 11.0 Å². The molecule has 9 nitrogen and oxygen atoms in total. The molecule has 1 saturated heterocycles. The second kappa shape index (κ2) is 13.3. The maximum absolute atomic E-state index is 13.6. The van der Waals surface area contributed by atoms with Crippen LogP contribution in [0.15, 0.2) is 65.6 Å². The minimum atomic E-state index is -0.703. The number of imidazole rings is 1. The van der Waals surface area contributed by atoms with E-state index < -0.39 is 5.41 Å². The third kappa shape index (κ3) is 7.26. The lowest BCUT2D eigenvalue weighted by Crippen LogP contribution is -2.46. The predicted molar refractivity (Wildman–Crippen MR) is 180 cm³/mol. The highest BCUT2D eigenvalue weighted by Crippen LogP contribution is 2.37. The quantitative estimate of drug-likeness (QED) is 0.185. The highest BCUT2D eigenvalue weighted by atomic mass is 19.1. The molecule has 1 fully saturated rings. The Hall–Kier alpha value is -4.21. The van der Waals surface area contributed by atoms with Gasteiger partial charge in [0.15, 0.2) is 6.73 Å². The van der Waals surface area contributed by atoms with Gasteiger partial charge < -0.3 is 19.1 Å². The molecule has 10 heteroatoms. The first-order valence-corrected chi connectivity index (χ1v) is 16.1. The molecule has 0 bridgehead atoms. The second-order valence-corrected chi connectivity index (χ2v) is 14.4. The van der Waals surface area contributed by atoms with Crippen molar-refractivity contribution in [1.29, 1.82) is 0 Å². The van der Waals surface area contributed by atoms with Crippen LogP contribution < -0.4 is 15.4 Å². The number of anilines is 2. The zero-order valence-corrected chi connectivity index (χ0v) is 28.2. The van der Waals surface area contributed by atoms with E-state index in [0.717, 1.165) is 54.9 Å². The van der Waals surface area contributed by atoms with Crippen LogP contribution >= 0.6 is 0 Å². The molecule has 2 aromatic carbocycles. The van der Waals surface area contributed by atoms with Crippen molar-refractivity contribution in [1.82, 2.24) is 19.1 Å². The van der Waals surface area contributed by atoms with Crippen molar-refractivity contribution >= 4 is 28.9 Å². The lowest BCUT2D eigenvalue weighted by atomic mass is 9.72. The van der Waals surface area contributed by atoms with Crippen LogP contribution in [0.3, 0.4) is 0 Å². The molecule has 0 spiro atoms. The number of hydrogen-bond donors (Lipinski definition) is 0. The lowest BCUT2D eigenvalue weighted by Gasteiger charge is -2.38. The molecule has 2 aromatic heterocycles. The van der Waals surface area contributed by atoms with Gasteiger partial charge in [0.1, 0.15) is 5.82 Å². The summed E-state index contributed by atoms with van der Waals surface area (Å²) in [6.07, 6.45) is 4.02. The van der Waals surface area contributed by atoms with Gasteiger partial charge in [0.25, 0.3) is 5.56 Å². The van der Waals surface area contributed by atoms with Gasteiger partial charge in [0.05, 0.1) is 23.0 Å². The SMILES string of the molecule is CC(CC(C)(C)C)C(C)(C)C(=O)OCn1c(N(C)C2CCN(c3nc4ccccc4n3Cc3ccc(F)cc3)CC2)nccc1=O. The molecule has 1 unspecified atom stereocenters. The Kier molecular flexibility index (Phi) is 9.56. The Labute approximate surface area is 271 Å². The van der Waals surface area contributed by atoms with Gasteiger partial charge >= 0.3 is 5.97 Å². The summed E-state index contributed by atoms with van der Waals surface area (Å²) in [7, 11) is 1.94. The number of para-hydroxylation sites is 2. The summed E-state index contributed by atoms with van der Waals surface area (Å²) in [6, 6.07) is 16.2. The predicted octanol–water partition coefficient (Wildman–Crippen LogP) is 6.48. The number of aromatic nitrogens is 4. The fourth-order valence-electron chi connectivity index (χ4n) is 6.36. The normalized spacial score (nSPS) is 15.3. The summed E-state index contributed by atoms with van der Waals surface area (Å²) in [5, 5.41) is 0. The fourth-order valence-corrected chi connectivity index (χ4v) is 6.36.